The molecular weight excluding hydrogens is 420 g/mol. The van der Waals surface area contributed by atoms with Crippen LogP contribution in [0.25, 0.3) is 11.0 Å². The molecule has 0 atom stereocenters. The molecule has 1 amide bonds. The molecule has 0 spiro atoms. The Balaban J connectivity index is 1.93. The highest BCUT2D eigenvalue weighted by Gasteiger charge is 2.09. The summed E-state index contributed by atoms with van der Waals surface area (Å²) < 4.78 is 6.54. The predicted octanol–water partition coefficient (Wildman–Crippen LogP) is 5.42. The Morgan fingerprint density at radius 1 is 1.38 bits per heavy atom. The fraction of sp³-hybridized carbons (Fsp3) is 0.222. The van der Waals surface area contributed by atoms with Gasteiger partial charge >= 0.3 is 0 Å². The van der Waals surface area contributed by atoms with Crippen LogP contribution in [0.15, 0.2) is 61.0 Å². The molecule has 0 bridgehead atoms. The number of amidine groups is 1. The lowest BCUT2D eigenvalue weighted by Gasteiger charge is -1.99. The monoisotopic (exact) mass is 436 g/mol. The van der Waals surface area contributed by atoms with Gasteiger partial charge in [0, 0.05) is 29.4 Å². The summed E-state index contributed by atoms with van der Waals surface area (Å²) in [6, 6.07) is 5.51. The molecule has 6 nitrogen and oxygen atoms in total. The first-order valence-corrected chi connectivity index (χ1v) is 8.93. The number of carbonyl (C=O) groups is 1. The molecule has 2 N–H and O–H groups in total. The van der Waals surface area contributed by atoms with Crippen molar-refractivity contribution in [2.75, 3.05) is 7.05 Å². The van der Waals surface area contributed by atoms with Crippen LogP contribution in [0.2, 0.25) is 5.02 Å². The van der Waals surface area contributed by atoms with Crippen molar-refractivity contribution in [1.82, 2.24) is 5.32 Å². The third-order valence-corrected chi connectivity index (χ3v) is 4.25. The highest BCUT2D eigenvalue weighted by atomic mass is 79.9. The van der Waals surface area contributed by atoms with Crippen molar-refractivity contribution in [3.63, 3.8) is 0 Å². The van der Waals surface area contributed by atoms with Crippen molar-refractivity contribution < 1.29 is 9.21 Å². The number of nitrogens with zero attached hydrogens (tertiary/aromatic N) is 2. The number of allylic oxidation sites excluding steroid dienone is 2. The summed E-state index contributed by atoms with van der Waals surface area (Å²) in [4.78, 5) is 15.8. The summed E-state index contributed by atoms with van der Waals surface area (Å²) in [5.74, 6) is 0.812. The van der Waals surface area contributed by atoms with Crippen molar-refractivity contribution in [2.45, 2.75) is 19.9 Å². The van der Waals surface area contributed by atoms with Crippen molar-refractivity contribution in [2.24, 2.45) is 10.1 Å². The summed E-state index contributed by atoms with van der Waals surface area (Å²) >= 11 is 9.53. The van der Waals surface area contributed by atoms with Gasteiger partial charge in [-0.1, -0.05) is 45.3 Å². The minimum absolute atomic E-state index is 0.236. The van der Waals surface area contributed by atoms with Gasteiger partial charge in [0.25, 0.3) is 0 Å². The van der Waals surface area contributed by atoms with Gasteiger partial charge in [-0.2, -0.15) is 0 Å². The third-order valence-electron chi connectivity index (χ3n) is 3.51. The highest BCUT2D eigenvalue weighted by molar-refractivity contribution is 9.10. The summed E-state index contributed by atoms with van der Waals surface area (Å²) in [5, 5.41) is 7.45. The van der Waals surface area contributed by atoms with E-state index in [2.05, 4.69) is 31.4 Å². The molecule has 1 heterocycles. The molecule has 2 rings (SSSR count). The van der Waals surface area contributed by atoms with Gasteiger partial charge in [-0.05, 0) is 25.1 Å². The Morgan fingerprint density at radius 3 is 2.85 bits per heavy atom. The van der Waals surface area contributed by atoms with E-state index in [0.717, 1.165) is 15.4 Å². The number of carbonyl (C=O) groups excluding carboxylic acids is 1. The van der Waals surface area contributed by atoms with E-state index in [9.17, 15) is 4.79 Å². The molecule has 0 radical (unpaired) electrons. The molecule has 2 aromatic rings. The van der Waals surface area contributed by atoms with E-state index in [1.54, 1.807) is 19.2 Å². The lowest BCUT2D eigenvalue weighted by Crippen LogP contribution is -2.19. The Labute approximate surface area is 164 Å². The normalized spacial score (nSPS) is 12.8. The Hall–Kier alpha value is -2.25. The van der Waals surface area contributed by atoms with E-state index in [0.29, 0.717) is 28.6 Å². The van der Waals surface area contributed by atoms with E-state index in [1.165, 1.54) is 6.08 Å². The summed E-state index contributed by atoms with van der Waals surface area (Å²) in [7, 11) is 1.59. The highest BCUT2D eigenvalue weighted by Crippen LogP contribution is 2.30. The van der Waals surface area contributed by atoms with Crippen LogP contribution in [0, 0.1) is 5.53 Å². The minimum Gasteiger partial charge on any atom is -0.458 e. The van der Waals surface area contributed by atoms with E-state index >= 15 is 0 Å². The zero-order valence-corrected chi connectivity index (χ0v) is 16.7. The molecule has 0 fully saturated rings. The van der Waals surface area contributed by atoms with Crippen molar-refractivity contribution in [1.29, 1.82) is 5.53 Å². The number of fused-ring (bicyclic) bond motifs is 1. The first-order valence-electron chi connectivity index (χ1n) is 7.76. The summed E-state index contributed by atoms with van der Waals surface area (Å²) in [5.41, 5.74) is 8.42. The van der Waals surface area contributed by atoms with Crippen LogP contribution < -0.4 is 5.32 Å². The molecule has 1 aromatic heterocycles. The maximum atomic E-state index is 11.9. The second-order valence-corrected chi connectivity index (χ2v) is 6.80. The maximum absolute atomic E-state index is 11.9. The van der Waals surface area contributed by atoms with Crippen LogP contribution in [-0.4, -0.2) is 18.8 Å². The maximum Gasteiger partial charge on any atom is 0.244 e. The van der Waals surface area contributed by atoms with Gasteiger partial charge in [-0.15, -0.1) is 5.11 Å². The number of furan rings is 1. The van der Waals surface area contributed by atoms with Crippen LogP contribution >= 0.6 is 27.5 Å². The Morgan fingerprint density at radius 2 is 2.15 bits per heavy atom. The second kappa shape index (κ2) is 9.45. The zero-order chi connectivity index (χ0) is 19.1. The molecule has 26 heavy (non-hydrogen) atoms. The molecule has 0 saturated carbocycles. The first kappa shape index (κ1) is 20.1. The zero-order valence-electron chi connectivity index (χ0n) is 14.3. The minimum atomic E-state index is -0.236. The molecule has 0 aliphatic heterocycles. The Kier molecular flexibility index (Phi) is 7.29. The first-order chi connectivity index (χ1) is 12.4. The summed E-state index contributed by atoms with van der Waals surface area (Å²) in [6.07, 6.45) is 5.44. The fourth-order valence-electron chi connectivity index (χ4n) is 2.16. The van der Waals surface area contributed by atoms with Gasteiger partial charge in [-0.3, -0.25) is 9.79 Å². The predicted molar refractivity (Wildman–Crippen MR) is 107 cm³/mol. The fourth-order valence-corrected chi connectivity index (χ4v) is 3.04. The van der Waals surface area contributed by atoms with Gasteiger partial charge < -0.3 is 9.73 Å². The molecule has 1 aromatic carbocycles. The van der Waals surface area contributed by atoms with E-state index < -0.39 is 0 Å². The van der Waals surface area contributed by atoms with Crippen molar-refractivity contribution in [3.8, 4) is 0 Å². The quantitative estimate of drug-likeness (QED) is 0.208. The number of aliphatic imine (C=N–C) groups is 1. The van der Waals surface area contributed by atoms with Crippen LogP contribution in [0.3, 0.4) is 0 Å². The van der Waals surface area contributed by atoms with Gasteiger partial charge in [0.05, 0.1) is 11.6 Å². The average molecular weight is 438 g/mol. The van der Waals surface area contributed by atoms with E-state index in [4.69, 9.17) is 21.5 Å². The largest absolute Gasteiger partial charge is 0.458 e. The molecule has 0 unspecified atom stereocenters. The molecule has 136 valence electrons. The van der Waals surface area contributed by atoms with Crippen LogP contribution in [0.1, 0.15) is 19.1 Å². The number of nitrogens with one attached hydrogen (secondary N) is 2. The standard InChI is InChI=1S/C18H18BrClN4O2/c1-11(3-5-16(22-2)24-21)4-6-17(25)23-10-14-8-12-7-13(19)9-15(20)18(12)26-14/h3-4,6-9,21H,5,10H2,1-2H3,(H,23,25)/b6-4+,11-3?,22-16?,24-21?. The molecule has 0 aliphatic carbocycles. The lowest BCUT2D eigenvalue weighted by atomic mass is 10.2. The van der Waals surface area contributed by atoms with Crippen LogP contribution in [0.4, 0.5) is 0 Å². The average Bonchev–Trinajstić information content (AvgIpc) is 3.02. The molecule has 8 heteroatoms. The third kappa shape index (κ3) is 5.64. The van der Waals surface area contributed by atoms with E-state index in [1.807, 2.05) is 25.1 Å². The SMILES string of the molecule is CN=C(CC=C(C)/C=C/C(=O)NCc1cc2cc(Br)cc(Cl)c2o1)N=N. The number of halogens is 2. The van der Waals surface area contributed by atoms with Gasteiger partial charge in [0.1, 0.15) is 11.6 Å². The van der Waals surface area contributed by atoms with Crippen LogP contribution in [-0.2, 0) is 11.3 Å². The number of rotatable bonds is 6. The number of benzene rings is 1. The number of amides is 1. The Bertz CT molecular complexity index is 915. The topological polar surface area (TPSA) is 90.8 Å². The van der Waals surface area contributed by atoms with Crippen molar-refractivity contribution >= 4 is 50.2 Å². The number of hydrogen-bond donors (Lipinski definition) is 2. The van der Waals surface area contributed by atoms with Crippen LogP contribution in [0.5, 0.6) is 0 Å². The summed E-state index contributed by atoms with van der Waals surface area (Å²) in [6.45, 7) is 2.12. The van der Waals surface area contributed by atoms with E-state index in [-0.39, 0.29) is 12.5 Å². The van der Waals surface area contributed by atoms with Crippen molar-refractivity contribution in [3.05, 3.63) is 57.3 Å². The molecule has 0 saturated heterocycles. The number of hydrogen-bond acceptors (Lipinski definition) is 4. The second-order valence-electron chi connectivity index (χ2n) is 5.47. The van der Waals surface area contributed by atoms with Gasteiger partial charge in [-0.25, -0.2) is 5.53 Å². The molecular formula is C18H18BrClN4O2. The lowest BCUT2D eigenvalue weighted by molar-refractivity contribution is -0.116. The smallest absolute Gasteiger partial charge is 0.244 e. The van der Waals surface area contributed by atoms with Gasteiger partial charge in [0.15, 0.2) is 5.58 Å². The van der Waals surface area contributed by atoms with Gasteiger partial charge in [0.2, 0.25) is 5.91 Å². The molecule has 0 aliphatic rings.